The maximum atomic E-state index is 12.2. The van der Waals surface area contributed by atoms with Crippen LogP contribution in [0.5, 0.6) is 5.75 Å². The fraction of sp³-hybridized carbons (Fsp3) is 0.474. The summed E-state index contributed by atoms with van der Waals surface area (Å²) in [5.41, 5.74) is 0.481. The number of amides is 1. The normalized spacial score (nSPS) is 16.2. The number of carbonyl (C=O) groups excluding carboxylic acids is 1. The summed E-state index contributed by atoms with van der Waals surface area (Å²) in [6.45, 7) is 2.19. The Balaban J connectivity index is 1.45. The molecule has 2 N–H and O–H groups in total. The number of para-hydroxylation sites is 1. The lowest BCUT2D eigenvalue weighted by Gasteiger charge is -2.35. The largest absolute Gasteiger partial charge is 0.486 e. The molecule has 1 aliphatic rings. The number of nitrogens with one attached hydrogen (secondary N) is 1. The average Bonchev–Trinajstić information content (AvgIpc) is 3.13. The number of hydrogen-bond acceptors (Lipinski definition) is 6. The minimum Gasteiger partial charge on any atom is -0.486 e. The van der Waals surface area contributed by atoms with Gasteiger partial charge in [-0.2, -0.15) is 0 Å². The Morgan fingerprint density at radius 2 is 2.08 bits per heavy atom. The summed E-state index contributed by atoms with van der Waals surface area (Å²) in [5, 5.41) is 15.3. The van der Waals surface area contributed by atoms with Crippen LogP contribution >= 0.6 is 11.3 Å². The van der Waals surface area contributed by atoms with Gasteiger partial charge >= 0.3 is 0 Å². The molecule has 0 spiro atoms. The van der Waals surface area contributed by atoms with Crippen molar-refractivity contribution in [3.8, 4) is 5.75 Å². The number of nitrogens with zero attached hydrogens (tertiary/aromatic N) is 1. The van der Waals surface area contributed by atoms with E-state index in [0.717, 1.165) is 29.3 Å². The fourth-order valence-corrected chi connectivity index (χ4v) is 3.57. The van der Waals surface area contributed by atoms with Gasteiger partial charge in [-0.1, -0.05) is 18.2 Å². The van der Waals surface area contributed by atoms with E-state index in [-0.39, 0.29) is 24.3 Å². The molecular weight excluding hydrogens is 352 g/mol. The molecular formula is C19H24N2O4S. The standard InChI is InChI=1S/C19H24N2O4S/c22-14-19(6-8-24-9-7-19)13-20-17(23)10-15-12-26-18(21-15)11-25-16-4-2-1-3-5-16/h1-5,12,22H,6-11,13-14H2,(H,20,23). The first-order valence-electron chi connectivity index (χ1n) is 8.76. The van der Waals surface area contributed by atoms with Crippen molar-refractivity contribution in [3.63, 3.8) is 0 Å². The van der Waals surface area contributed by atoms with Gasteiger partial charge in [-0.25, -0.2) is 4.98 Å². The van der Waals surface area contributed by atoms with Crippen molar-refractivity contribution in [2.24, 2.45) is 5.41 Å². The average molecular weight is 376 g/mol. The molecule has 7 heteroatoms. The van der Waals surface area contributed by atoms with Crippen molar-refractivity contribution in [2.45, 2.75) is 25.9 Å². The summed E-state index contributed by atoms with van der Waals surface area (Å²) >= 11 is 1.49. The number of hydrogen-bond donors (Lipinski definition) is 2. The summed E-state index contributed by atoms with van der Waals surface area (Å²) in [6.07, 6.45) is 1.77. The third-order valence-electron chi connectivity index (χ3n) is 4.60. The second-order valence-corrected chi connectivity index (χ2v) is 7.50. The lowest BCUT2D eigenvalue weighted by molar-refractivity contribution is -0.121. The second kappa shape index (κ2) is 9.12. The third-order valence-corrected chi connectivity index (χ3v) is 5.47. The van der Waals surface area contributed by atoms with Crippen LogP contribution in [-0.4, -0.2) is 42.4 Å². The van der Waals surface area contributed by atoms with Crippen molar-refractivity contribution in [2.75, 3.05) is 26.4 Å². The summed E-state index contributed by atoms with van der Waals surface area (Å²) in [4.78, 5) is 16.7. The van der Waals surface area contributed by atoms with Crippen LogP contribution in [0.4, 0.5) is 0 Å². The Morgan fingerprint density at radius 1 is 1.31 bits per heavy atom. The molecule has 26 heavy (non-hydrogen) atoms. The van der Waals surface area contributed by atoms with E-state index in [4.69, 9.17) is 9.47 Å². The molecule has 2 heterocycles. The quantitative estimate of drug-likeness (QED) is 0.738. The number of benzene rings is 1. The van der Waals surface area contributed by atoms with Crippen molar-refractivity contribution in [1.82, 2.24) is 10.3 Å². The summed E-state index contributed by atoms with van der Waals surface area (Å²) in [6, 6.07) is 9.58. The molecule has 140 valence electrons. The molecule has 1 aliphatic heterocycles. The molecule has 0 atom stereocenters. The molecule has 1 saturated heterocycles. The predicted octanol–water partition coefficient (Wildman–Crippen LogP) is 2.17. The maximum absolute atomic E-state index is 12.2. The van der Waals surface area contributed by atoms with Crippen LogP contribution in [0.3, 0.4) is 0 Å². The number of aliphatic hydroxyl groups excluding tert-OH is 1. The number of aliphatic hydroxyl groups is 1. The number of thiazole rings is 1. The first kappa shape index (κ1) is 18.8. The lowest BCUT2D eigenvalue weighted by Crippen LogP contribution is -2.44. The smallest absolute Gasteiger partial charge is 0.226 e. The molecule has 0 bridgehead atoms. The van der Waals surface area contributed by atoms with E-state index in [1.54, 1.807) is 0 Å². The Morgan fingerprint density at radius 3 is 2.81 bits per heavy atom. The van der Waals surface area contributed by atoms with E-state index in [9.17, 15) is 9.90 Å². The molecule has 2 aromatic rings. The van der Waals surface area contributed by atoms with Crippen LogP contribution in [0.1, 0.15) is 23.5 Å². The summed E-state index contributed by atoms with van der Waals surface area (Å²) < 4.78 is 11.0. The number of carbonyl (C=O) groups is 1. The van der Waals surface area contributed by atoms with Gasteiger partial charge in [0.05, 0.1) is 18.7 Å². The highest BCUT2D eigenvalue weighted by Gasteiger charge is 2.32. The third kappa shape index (κ3) is 5.27. The SMILES string of the molecule is O=C(Cc1csc(COc2ccccc2)n1)NCC1(CO)CCOCC1. The van der Waals surface area contributed by atoms with Gasteiger partial charge in [0.1, 0.15) is 17.4 Å². The Hall–Kier alpha value is -1.96. The van der Waals surface area contributed by atoms with Crippen LogP contribution in [0.25, 0.3) is 0 Å². The molecule has 1 aromatic carbocycles. The van der Waals surface area contributed by atoms with Crippen LogP contribution in [-0.2, 0) is 22.6 Å². The van der Waals surface area contributed by atoms with Crippen LogP contribution in [0, 0.1) is 5.41 Å². The van der Waals surface area contributed by atoms with Gasteiger partial charge in [-0.05, 0) is 25.0 Å². The second-order valence-electron chi connectivity index (χ2n) is 6.56. The minimum atomic E-state index is -0.259. The van der Waals surface area contributed by atoms with Gasteiger partial charge in [-0.15, -0.1) is 11.3 Å². The van der Waals surface area contributed by atoms with E-state index in [1.807, 2.05) is 35.7 Å². The van der Waals surface area contributed by atoms with Crippen molar-refractivity contribution in [1.29, 1.82) is 0 Å². The van der Waals surface area contributed by atoms with Crippen LogP contribution in [0.15, 0.2) is 35.7 Å². The molecule has 6 nitrogen and oxygen atoms in total. The van der Waals surface area contributed by atoms with Crippen molar-refractivity contribution < 1.29 is 19.4 Å². The van der Waals surface area contributed by atoms with Gasteiger partial charge < -0.3 is 19.9 Å². The fourth-order valence-electron chi connectivity index (χ4n) is 2.87. The molecule has 0 unspecified atom stereocenters. The van der Waals surface area contributed by atoms with Crippen LogP contribution in [0.2, 0.25) is 0 Å². The zero-order valence-electron chi connectivity index (χ0n) is 14.6. The Bertz CT molecular complexity index is 699. The highest BCUT2D eigenvalue weighted by Crippen LogP contribution is 2.29. The molecule has 0 saturated carbocycles. The summed E-state index contributed by atoms with van der Waals surface area (Å²) in [5.74, 6) is 0.720. The minimum absolute atomic E-state index is 0.0638. The monoisotopic (exact) mass is 376 g/mol. The van der Waals surface area contributed by atoms with Gasteiger partial charge in [0.15, 0.2) is 0 Å². The van der Waals surface area contributed by atoms with E-state index in [1.165, 1.54) is 11.3 Å². The molecule has 0 aliphatic carbocycles. The van der Waals surface area contributed by atoms with Gasteiger partial charge in [0.2, 0.25) is 5.91 Å². The molecule has 1 aromatic heterocycles. The zero-order valence-corrected chi connectivity index (χ0v) is 15.5. The Labute approximate surface area is 157 Å². The lowest BCUT2D eigenvalue weighted by atomic mass is 9.81. The Kier molecular flexibility index (Phi) is 6.60. The van der Waals surface area contributed by atoms with Crippen molar-refractivity contribution >= 4 is 17.2 Å². The van der Waals surface area contributed by atoms with E-state index in [0.29, 0.717) is 26.4 Å². The molecule has 1 amide bonds. The van der Waals surface area contributed by atoms with Crippen molar-refractivity contribution in [3.05, 3.63) is 46.4 Å². The highest BCUT2D eigenvalue weighted by molar-refractivity contribution is 7.09. The maximum Gasteiger partial charge on any atom is 0.226 e. The van der Waals surface area contributed by atoms with Crippen LogP contribution < -0.4 is 10.1 Å². The molecule has 1 fully saturated rings. The topological polar surface area (TPSA) is 80.7 Å². The van der Waals surface area contributed by atoms with Gasteiger partial charge in [0, 0.05) is 30.6 Å². The number of rotatable bonds is 8. The van der Waals surface area contributed by atoms with Gasteiger partial charge in [0.25, 0.3) is 0 Å². The molecule has 3 rings (SSSR count). The van der Waals surface area contributed by atoms with E-state index < -0.39 is 0 Å². The predicted molar refractivity (Wildman–Crippen MR) is 99.2 cm³/mol. The van der Waals surface area contributed by atoms with E-state index in [2.05, 4.69) is 10.3 Å². The first-order valence-corrected chi connectivity index (χ1v) is 9.63. The first-order chi connectivity index (χ1) is 12.7. The van der Waals surface area contributed by atoms with E-state index >= 15 is 0 Å². The summed E-state index contributed by atoms with van der Waals surface area (Å²) in [7, 11) is 0. The molecule has 0 radical (unpaired) electrons. The van der Waals surface area contributed by atoms with Gasteiger partial charge in [-0.3, -0.25) is 4.79 Å². The highest BCUT2D eigenvalue weighted by atomic mass is 32.1. The zero-order chi connectivity index (χ0) is 18.2. The number of aromatic nitrogens is 1. The number of ether oxygens (including phenoxy) is 2.